The summed E-state index contributed by atoms with van der Waals surface area (Å²) < 4.78 is 22.5. The maximum absolute atomic E-state index is 10.0. The third kappa shape index (κ3) is 45.1. The van der Waals surface area contributed by atoms with Crippen LogP contribution < -0.4 is 29.0 Å². The molecule has 9 heteroatoms. The molecule has 0 aliphatic rings. The number of hydrogen-bond acceptors (Lipinski definition) is 4. The van der Waals surface area contributed by atoms with Gasteiger partial charge in [0.15, 0.2) is 0 Å². The molecule has 0 heterocycles. The molecule has 0 aliphatic carbocycles. The molecule has 0 aromatic rings. The molecule has 0 aromatic carbocycles. The van der Waals surface area contributed by atoms with Gasteiger partial charge >= 0.3 is 53.4 Å². The Balaban J connectivity index is -0.0000000394. The smallest absolute Gasteiger partial charge is 1.00 e. The van der Waals surface area contributed by atoms with Gasteiger partial charge in [0, 0.05) is 6.04 Å². The molecule has 0 saturated carbocycles. The quantitative estimate of drug-likeness (QED) is 0.217. The van der Waals surface area contributed by atoms with Crippen molar-refractivity contribution in [1.29, 1.82) is 0 Å². The summed E-state index contributed by atoms with van der Waals surface area (Å²) in [5.41, 5.74) is 10.3. The van der Waals surface area contributed by atoms with E-state index in [1.54, 1.807) is 0 Å². The molecule has 18 heavy (non-hydrogen) atoms. The molecule has 1 atom stereocenters. The average molecular weight is 366 g/mol. The SMILES string of the molecule is NCCCCC(N)C(=O)[O-].[C-]#[O+].[C-]#[O+].[C-]#[O+].[Cl-].[Ru+2]. The Hall–Kier alpha value is -0.477. The summed E-state index contributed by atoms with van der Waals surface area (Å²) in [4.78, 5) is 10.0. The number of nitrogens with two attached hydrogens (primary N) is 2. The van der Waals surface area contributed by atoms with Gasteiger partial charge in [0.2, 0.25) is 0 Å². The summed E-state index contributed by atoms with van der Waals surface area (Å²) in [7, 11) is 0. The van der Waals surface area contributed by atoms with E-state index in [1.165, 1.54) is 0 Å². The molecular weight excluding hydrogens is 353 g/mol. The summed E-state index contributed by atoms with van der Waals surface area (Å²) in [6, 6.07) is -0.827. The van der Waals surface area contributed by atoms with E-state index in [9.17, 15) is 9.90 Å². The van der Waals surface area contributed by atoms with Crippen molar-refractivity contribution in [2.45, 2.75) is 25.3 Å². The van der Waals surface area contributed by atoms with E-state index in [0.29, 0.717) is 13.0 Å². The van der Waals surface area contributed by atoms with Crippen LogP contribution in [-0.2, 0) is 38.2 Å². The van der Waals surface area contributed by atoms with Gasteiger partial charge < -0.3 is 33.8 Å². The van der Waals surface area contributed by atoms with Gasteiger partial charge in [-0.1, -0.05) is 6.42 Å². The molecular formula is C9H13ClN2O5Ru. The number of carbonyl (C=O) groups excluding carboxylic acids is 1. The van der Waals surface area contributed by atoms with Gasteiger partial charge in [-0.3, -0.25) is 0 Å². The normalized spacial score (nSPS) is 7.56. The second-order valence-electron chi connectivity index (χ2n) is 2.21. The van der Waals surface area contributed by atoms with Gasteiger partial charge in [-0.2, -0.15) is 0 Å². The maximum Gasteiger partial charge on any atom is 2.00 e. The Bertz CT molecular complexity index is 197. The van der Waals surface area contributed by atoms with Crippen molar-refractivity contribution >= 4 is 5.97 Å². The van der Waals surface area contributed by atoms with Crippen LogP contribution in [0.3, 0.4) is 0 Å². The van der Waals surface area contributed by atoms with Crippen LogP contribution in [0.15, 0.2) is 0 Å². The first-order valence-corrected chi connectivity index (χ1v) is 3.96. The summed E-state index contributed by atoms with van der Waals surface area (Å²) >= 11 is 0. The zero-order valence-electron chi connectivity index (χ0n) is 9.33. The van der Waals surface area contributed by atoms with Crippen molar-refractivity contribution in [2.75, 3.05) is 6.54 Å². The standard InChI is InChI=1S/C6H14N2O2.3CO.ClH.Ru/c7-4-2-1-3-5(8)6(9)10;3*1-2;;/h5H,1-4,7-8H2,(H,9,10);;;;1H;/q;;;;;+2/p-2. The molecule has 104 valence electrons. The summed E-state index contributed by atoms with van der Waals surface area (Å²) in [5.74, 6) is -1.18. The fourth-order valence-corrected chi connectivity index (χ4v) is 0.626. The number of rotatable bonds is 5. The summed E-state index contributed by atoms with van der Waals surface area (Å²) in [6.45, 7) is 14.1. The monoisotopic (exact) mass is 366 g/mol. The van der Waals surface area contributed by atoms with Gasteiger partial charge in [0.05, 0.1) is 5.97 Å². The molecule has 0 fully saturated rings. The molecule has 0 aliphatic heterocycles. The fraction of sp³-hybridized carbons (Fsp3) is 0.556. The number of hydrogen-bond donors (Lipinski definition) is 2. The molecule has 0 rings (SSSR count). The van der Waals surface area contributed by atoms with Crippen molar-refractivity contribution < 1.29 is 55.7 Å². The average Bonchev–Trinajstić information content (AvgIpc) is 2.36. The van der Waals surface area contributed by atoms with E-state index in [1.807, 2.05) is 0 Å². The molecule has 0 radical (unpaired) electrons. The zero-order chi connectivity index (χ0) is 14.0. The molecule has 0 aromatic heterocycles. The number of unbranched alkanes of at least 4 members (excludes halogenated alkanes) is 1. The number of aliphatic carboxylic acids is 1. The molecule has 7 nitrogen and oxygen atoms in total. The van der Waals surface area contributed by atoms with Gasteiger partial charge in [0.25, 0.3) is 0 Å². The van der Waals surface area contributed by atoms with Crippen LogP contribution in [0, 0.1) is 20.0 Å². The molecule has 4 N–H and O–H groups in total. The topological polar surface area (TPSA) is 152 Å². The van der Waals surface area contributed by atoms with Crippen molar-refractivity contribution in [3.05, 3.63) is 20.0 Å². The van der Waals surface area contributed by atoms with Crippen molar-refractivity contribution in [3.63, 3.8) is 0 Å². The molecule has 0 amide bonds. The number of halogens is 1. The van der Waals surface area contributed by atoms with Crippen LogP contribution in [0.1, 0.15) is 19.3 Å². The van der Waals surface area contributed by atoms with E-state index < -0.39 is 12.0 Å². The van der Waals surface area contributed by atoms with Gasteiger partial charge in [-0.15, -0.1) is 0 Å². The summed E-state index contributed by atoms with van der Waals surface area (Å²) in [5, 5.41) is 10.0. The Kier molecular flexibility index (Phi) is 87.9. The molecule has 0 spiro atoms. The molecule has 0 bridgehead atoms. The second kappa shape index (κ2) is 43.9. The summed E-state index contributed by atoms with van der Waals surface area (Å²) in [6.07, 6.45) is 2.03. The third-order valence-electron chi connectivity index (χ3n) is 1.27. The largest absolute Gasteiger partial charge is 2.00 e. The van der Waals surface area contributed by atoms with E-state index in [4.69, 9.17) is 25.4 Å². The number of carboxylic acid groups (broad SMARTS) is 1. The van der Waals surface area contributed by atoms with Gasteiger partial charge in [-0.05, 0) is 19.4 Å². The van der Waals surface area contributed by atoms with E-state index in [0.717, 1.165) is 12.8 Å². The van der Waals surface area contributed by atoms with E-state index in [2.05, 4.69) is 20.0 Å². The van der Waals surface area contributed by atoms with Crippen molar-refractivity contribution in [2.24, 2.45) is 11.5 Å². The van der Waals surface area contributed by atoms with Crippen molar-refractivity contribution in [3.8, 4) is 0 Å². The maximum atomic E-state index is 10.0. The minimum Gasteiger partial charge on any atom is -1.00 e. The van der Waals surface area contributed by atoms with Crippen LogP contribution >= 0.6 is 0 Å². The van der Waals surface area contributed by atoms with E-state index in [-0.39, 0.29) is 31.9 Å². The Morgan fingerprint density at radius 2 is 1.44 bits per heavy atom. The van der Waals surface area contributed by atoms with Crippen LogP contribution in [0.4, 0.5) is 0 Å². The van der Waals surface area contributed by atoms with Gasteiger partial charge in [0.1, 0.15) is 0 Å². The first kappa shape index (κ1) is 36.0. The predicted octanol–water partition coefficient (Wildman–Crippen LogP) is -4.92. The number of carboxylic acids is 1. The second-order valence-corrected chi connectivity index (χ2v) is 2.21. The van der Waals surface area contributed by atoms with Crippen LogP contribution in [0.2, 0.25) is 0 Å². The zero-order valence-corrected chi connectivity index (χ0v) is 11.8. The predicted molar refractivity (Wildman–Crippen MR) is 47.7 cm³/mol. The molecule has 0 saturated heterocycles. The Morgan fingerprint density at radius 1 is 1.11 bits per heavy atom. The van der Waals surface area contributed by atoms with Gasteiger partial charge in [-0.25, -0.2) is 0 Å². The third-order valence-corrected chi connectivity index (χ3v) is 1.27. The Labute approximate surface area is 125 Å². The first-order valence-electron chi connectivity index (χ1n) is 3.96. The van der Waals surface area contributed by atoms with Crippen LogP contribution in [-0.4, -0.2) is 18.6 Å². The fourth-order valence-electron chi connectivity index (χ4n) is 0.626. The minimum absolute atomic E-state index is 0. The Morgan fingerprint density at radius 3 is 1.67 bits per heavy atom. The van der Waals surface area contributed by atoms with Crippen LogP contribution in [0.5, 0.6) is 0 Å². The molecule has 1 unspecified atom stereocenters. The van der Waals surface area contributed by atoms with Crippen LogP contribution in [0.25, 0.3) is 0 Å². The van der Waals surface area contributed by atoms with Crippen molar-refractivity contribution in [1.82, 2.24) is 0 Å². The minimum atomic E-state index is -1.18. The van der Waals surface area contributed by atoms with E-state index >= 15 is 0 Å². The first-order chi connectivity index (χ1) is 7.68. The number of carbonyl (C=O) groups is 1.